The maximum absolute atomic E-state index is 3.36. The van der Waals surface area contributed by atoms with Crippen LogP contribution in [0.2, 0.25) is 118 Å². The van der Waals surface area contributed by atoms with Crippen molar-refractivity contribution in [1.82, 2.24) is 0 Å². The molecule has 10 heteroatoms. The average molecular weight is 984 g/mol. The van der Waals surface area contributed by atoms with Crippen molar-refractivity contribution in [2.24, 2.45) is 0 Å². The fraction of sp³-hybridized carbons (Fsp3) is 0.600. The van der Waals surface area contributed by atoms with Gasteiger partial charge in [-0.1, -0.05) is 0 Å². The molecular formula is C45H81BS2Si6Sn. The van der Waals surface area contributed by atoms with Crippen LogP contribution in [0.1, 0.15) is 65.6 Å². The van der Waals surface area contributed by atoms with E-state index < -0.39 is 64.1 Å². The molecule has 0 N–H and O–H groups in total. The van der Waals surface area contributed by atoms with Gasteiger partial charge < -0.3 is 0 Å². The van der Waals surface area contributed by atoms with Gasteiger partial charge in [-0.05, 0) is 0 Å². The van der Waals surface area contributed by atoms with E-state index in [-0.39, 0.29) is 0 Å². The van der Waals surface area contributed by atoms with E-state index in [1.54, 1.807) is 35.0 Å². The third-order valence-corrected chi connectivity index (χ3v) is 72.5. The van der Waals surface area contributed by atoms with Crippen molar-refractivity contribution < 1.29 is 0 Å². The topological polar surface area (TPSA) is 0 Å². The van der Waals surface area contributed by atoms with Gasteiger partial charge >= 0.3 is 361 Å². The van der Waals surface area contributed by atoms with E-state index in [1.807, 2.05) is 16.6 Å². The molecule has 0 spiro atoms. The standard InChI is InChI=1S/C27H59BS2Si6.2C9H11.Sn/c1-31(2,3)25(32(4,5)6)21-19-22(26(33(7,8)9)34(10,11)12)24(28(29)30)23(20-21)27(35(13,14)15)36(16,17)18;2*1-7-4-8(2)6-9(3)5-7;/h19-20,25-27H,1-18H3;2*4-5H,1-3H3;/q-2;;;+2. The van der Waals surface area contributed by atoms with Gasteiger partial charge in [0.1, 0.15) is 0 Å². The molecule has 1 saturated heterocycles. The quantitative estimate of drug-likeness (QED) is 0.166. The molecule has 0 atom stereocenters. The first-order chi connectivity index (χ1) is 24.5. The summed E-state index contributed by atoms with van der Waals surface area (Å²) in [5.74, 6) is 0. The zero-order valence-electron chi connectivity index (χ0n) is 40.1. The maximum atomic E-state index is 2.94. The van der Waals surface area contributed by atoms with Crippen LogP contribution in [0.5, 0.6) is 0 Å². The third kappa shape index (κ3) is 10.0. The van der Waals surface area contributed by atoms with E-state index >= 15 is 0 Å². The molecule has 0 aliphatic carbocycles. The van der Waals surface area contributed by atoms with Gasteiger partial charge in [0, 0.05) is 0 Å². The normalized spacial score (nSPS) is 16.1. The first-order valence-corrected chi connectivity index (χ1v) is 54.3. The first-order valence-electron chi connectivity index (χ1n) is 21.2. The Labute approximate surface area is 357 Å². The van der Waals surface area contributed by atoms with E-state index in [4.69, 9.17) is 0 Å². The summed E-state index contributed by atoms with van der Waals surface area (Å²) in [7, 11) is -4.55. The zero-order chi connectivity index (χ0) is 42.4. The number of hydrogen-bond donors (Lipinski definition) is 0. The molecule has 55 heavy (non-hydrogen) atoms. The van der Waals surface area contributed by atoms with Gasteiger partial charge in [0.05, 0.1) is 0 Å². The number of aryl methyl sites for hydroxylation is 6. The molecule has 0 radical (unpaired) electrons. The molecule has 0 unspecified atom stereocenters. The van der Waals surface area contributed by atoms with Gasteiger partial charge in [0.15, 0.2) is 0 Å². The van der Waals surface area contributed by atoms with Crippen molar-refractivity contribution in [2.75, 3.05) is 0 Å². The fourth-order valence-electron chi connectivity index (χ4n) is 12.6. The predicted molar refractivity (Wildman–Crippen MR) is 282 cm³/mol. The summed E-state index contributed by atoms with van der Waals surface area (Å²) in [6.45, 7) is 63.1. The van der Waals surface area contributed by atoms with Gasteiger partial charge in [-0.2, -0.15) is 0 Å². The van der Waals surface area contributed by atoms with Gasteiger partial charge in [-0.15, -0.1) is 0 Å². The summed E-state index contributed by atoms with van der Waals surface area (Å²) in [5.41, 5.74) is 16.3. The molecule has 1 aliphatic rings. The minimum absolute atomic E-state index is 0.498. The van der Waals surface area contributed by atoms with E-state index in [2.05, 4.69) is 213 Å². The van der Waals surface area contributed by atoms with E-state index in [0.717, 1.165) is 15.5 Å². The van der Waals surface area contributed by atoms with Gasteiger partial charge in [0.2, 0.25) is 0 Å². The van der Waals surface area contributed by atoms with E-state index in [0.29, 0.717) is 5.27 Å². The van der Waals surface area contributed by atoms with Crippen LogP contribution >= 0.6 is 17.6 Å². The second-order valence-corrected chi connectivity index (χ2v) is 80.0. The van der Waals surface area contributed by atoms with Crippen molar-refractivity contribution in [3.05, 3.63) is 86.5 Å². The molecule has 3 aromatic carbocycles. The zero-order valence-corrected chi connectivity index (χ0v) is 50.6. The Morgan fingerprint density at radius 2 is 0.655 bits per heavy atom. The molecule has 3 aromatic rings. The van der Waals surface area contributed by atoms with Crippen LogP contribution in [0.3, 0.4) is 0 Å². The van der Waals surface area contributed by atoms with Crippen LogP contribution in [0, 0.1) is 41.5 Å². The molecule has 304 valence electrons. The molecule has 0 amide bonds. The van der Waals surface area contributed by atoms with Crippen LogP contribution in [0.25, 0.3) is 0 Å². The molecule has 0 aromatic heterocycles. The van der Waals surface area contributed by atoms with Crippen molar-refractivity contribution >= 4 is 99.5 Å². The Kier molecular flexibility index (Phi) is 14.1. The van der Waals surface area contributed by atoms with Crippen molar-refractivity contribution in [3.8, 4) is 0 Å². The second-order valence-electron chi connectivity index (χ2n) is 24.3. The van der Waals surface area contributed by atoms with Crippen molar-refractivity contribution in [1.29, 1.82) is 0 Å². The second kappa shape index (κ2) is 16.1. The third-order valence-electron chi connectivity index (χ3n) is 12.2. The average Bonchev–Trinajstić information content (AvgIpc) is 2.85. The molecule has 4 rings (SSSR count). The number of hydrogen-bond acceptors (Lipinski definition) is 2. The summed E-state index contributed by atoms with van der Waals surface area (Å²) in [6, 6.07) is 15.9. The molecule has 0 nitrogen and oxygen atoms in total. The Balaban J connectivity index is 2.26. The number of benzene rings is 3. The summed E-state index contributed by atoms with van der Waals surface area (Å²) in [5, 5.41) is 2.69. The van der Waals surface area contributed by atoms with E-state index in [1.165, 1.54) is 11.1 Å². The molecule has 1 heterocycles. The molecule has 0 bridgehead atoms. The van der Waals surface area contributed by atoms with E-state index in [9.17, 15) is 0 Å². The van der Waals surface area contributed by atoms with Crippen LogP contribution < -0.4 is 12.6 Å². The number of rotatable bonds is 12. The summed E-state index contributed by atoms with van der Waals surface area (Å²) < 4.78 is 3.52. The first kappa shape index (κ1) is 48.2. The SMILES string of the molecule is Cc1cc(C)[c]([Sn]2([c]3c(C)cc(C)cc3C)[S]B(c3c(C([Si](C)(C)C)[Si](C)(C)C)cc(C([Si](C)(C)C)[Si](C)(C)C)cc3C([Si](C)(C)C)[Si](C)(C)C)[S]2)c(C)c1. The predicted octanol–water partition coefficient (Wildman–Crippen LogP) is 13.5. The fourth-order valence-corrected chi connectivity index (χ4v) is 87.9. The van der Waals surface area contributed by atoms with Gasteiger partial charge in [-0.25, -0.2) is 0 Å². The van der Waals surface area contributed by atoms with Crippen LogP contribution in [0.4, 0.5) is 0 Å². The molecule has 1 fully saturated rings. The van der Waals surface area contributed by atoms with Crippen LogP contribution in [-0.2, 0) is 0 Å². The van der Waals surface area contributed by atoms with Gasteiger partial charge in [-0.3, -0.25) is 0 Å². The molecule has 1 aliphatic heterocycles. The monoisotopic (exact) mass is 984 g/mol. The molecule has 0 saturated carbocycles. The minimum atomic E-state index is -3.36. The van der Waals surface area contributed by atoms with Crippen LogP contribution in [0.15, 0.2) is 36.4 Å². The van der Waals surface area contributed by atoms with Crippen molar-refractivity contribution in [2.45, 2.75) is 175 Å². The Morgan fingerprint density at radius 1 is 0.400 bits per heavy atom. The Hall–Kier alpha value is 0.525. The summed E-state index contributed by atoms with van der Waals surface area (Å²) >= 11 is -3.36. The Bertz CT molecular complexity index is 1710. The summed E-state index contributed by atoms with van der Waals surface area (Å²) in [4.78, 5) is 0. The van der Waals surface area contributed by atoms with Crippen LogP contribution in [-0.4, -0.2) is 69.3 Å². The Morgan fingerprint density at radius 3 is 0.891 bits per heavy atom. The summed E-state index contributed by atoms with van der Waals surface area (Å²) in [6.07, 6.45) is 0. The van der Waals surface area contributed by atoms with Crippen molar-refractivity contribution in [3.63, 3.8) is 0 Å². The van der Waals surface area contributed by atoms with Gasteiger partial charge in [0.25, 0.3) is 0 Å². The molecular weight excluding hydrogens is 903 g/mol.